The van der Waals surface area contributed by atoms with E-state index in [0.717, 1.165) is 21.3 Å². The minimum Gasteiger partial charge on any atom is -0.468 e. The maximum Gasteiger partial charge on any atom is 1.00 e. The van der Waals surface area contributed by atoms with Gasteiger partial charge >= 0.3 is 47.5 Å². The number of carbonyl (C=O) groups excluding carboxylic acids is 3. The Balaban J connectivity index is 0.00000760. The summed E-state index contributed by atoms with van der Waals surface area (Å²) in [5, 5.41) is 0. The van der Waals surface area contributed by atoms with E-state index in [1.165, 1.54) is 48.5 Å². The number of carbonyl (C=O) groups is 3. The Morgan fingerprint density at radius 2 is 1.15 bits per heavy atom. The molecule has 10 nitrogen and oxygen atoms in total. The third kappa shape index (κ3) is 7.20. The molecule has 0 radical (unpaired) electrons. The molecule has 2 rings (SSSR count). The molecule has 0 bridgehead atoms. The second kappa shape index (κ2) is 13.9. The van der Waals surface area contributed by atoms with Gasteiger partial charge in [0.2, 0.25) is 0 Å². The van der Waals surface area contributed by atoms with Crippen LogP contribution in [0.2, 0.25) is 0 Å². The average Bonchev–Trinajstić information content (AvgIpc) is 2.94. The number of hydrogen-bond donors (Lipinski definition) is 0. The summed E-state index contributed by atoms with van der Waals surface area (Å²) in [5.41, 5.74) is -2.93. The smallest absolute Gasteiger partial charge is 0.468 e. The van der Waals surface area contributed by atoms with E-state index in [4.69, 9.17) is 9.47 Å². The number of rotatable bonds is 11. The summed E-state index contributed by atoms with van der Waals surface area (Å²) >= 11 is 0. The van der Waals surface area contributed by atoms with Gasteiger partial charge in [0.15, 0.2) is 15.3 Å². The van der Waals surface area contributed by atoms with Gasteiger partial charge in [-0.25, -0.2) is 28.6 Å². The van der Waals surface area contributed by atoms with Crippen molar-refractivity contribution in [2.45, 2.75) is 22.6 Å². The SMILES string of the molecule is C=C(CC(C/C(=C(\[CH2-])S(=O)(=O)c1ccccc1)S(=O)(=O)c1ccccc1)(C(=O)OC)C(=O)OC)C(=O)OC.[Na+]. The second-order valence-electron chi connectivity index (χ2n) is 7.99. The number of esters is 3. The van der Waals surface area contributed by atoms with Crippen molar-refractivity contribution in [3.63, 3.8) is 0 Å². The molecule has 0 unspecified atom stereocenters. The van der Waals surface area contributed by atoms with Crippen LogP contribution in [0, 0.1) is 12.3 Å². The Kier molecular flexibility index (Phi) is 12.2. The average molecular weight is 587 g/mol. The second-order valence-corrected chi connectivity index (χ2v) is 11.9. The molecule has 0 amide bonds. The van der Waals surface area contributed by atoms with Gasteiger partial charge in [0.25, 0.3) is 0 Å². The van der Waals surface area contributed by atoms with Gasteiger partial charge in [-0.15, -0.1) is 0 Å². The molecule has 39 heavy (non-hydrogen) atoms. The van der Waals surface area contributed by atoms with Crippen LogP contribution < -0.4 is 29.6 Å². The molecule has 0 aliphatic rings. The Morgan fingerprint density at radius 1 is 0.744 bits per heavy atom. The van der Waals surface area contributed by atoms with Gasteiger partial charge in [0.1, 0.15) is 9.84 Å². The first-order valence-electron chi connectivity index (χ1n) is 10.9. The van der Waals surface area contributed by atoms with Crippen LogP contribution in [0.5, 0.6) is 0 Å². The number of methoxy groups -OCH3 is 3. The molecule has 0 aromatic heterocycles. The third-order valence-corrected chi connectivity index (χ3v) is 9.52. The summed E-state index contributed by atoms with van der Waals surface area (Å²) in [6.45, 7) is 7.08. The van der Waals surface area contributed by atoms with Crippen LogP contribution in [0.3, 0.4) is 0 Å². The zero-order valence-corrected chi connectivity index (χ0v) is 25.6. The summed E-state index contributed by atoms with van der Waals surface area (Å²) in [5.74, 6) is -3.58. The zero-order valence-electron chi connectivity index (χ0n) is 22.0. The van der Waals surface area contributed by atoms with E-state index in [0.29, 0.717) is 0 Å². The van der Waals surface area contributed by atoms with E-state index in [-0.39, 0.29) is 39.3 Å². The molecule has 0 saturated carbocycles. The van der Waals surface area contributed by atoms with E-state index < -0.39 is 71.2 Å². The largest absolute Gasteiger partial charge is 1.00 e. The molecule has 204 valence electrons. The van der Waals surface area contributed by atoms with Gasteiger partial charge in [0.05, 0.1) is 31.1 Å². The molecule has 2 aromatic carbocycles. The van der Waals surface area contributed by atoms with Gasteiger partial charge in [-0.2, -0.15) is 0 Å². The molecule has 0 fully saturated rings. The molecule has 0 atom stereocenters. The van der Waals surface area contributed by atoms with Crippen molar-refractivity contribution in [3.05, 3.63) is 89.5 Å². The molecule has 0 spiro atoms. The van der Waals surface area contributed by atoms with Crippen molar-refractivity contribution in [3.8, 4) is 0 Å². The Morgan fingerprint density at radius 3 is 1.54 bits per heavy atom. The standard InChI is InChI=1S/C26H27O10S2.Na/c1-18(23(27)34-3)16-26(24(28)35-4,25(29)36-5)17-22(38(32,33)21-14-10-7-11-15-21)19(2)37(30,31)20-12-8-6-9-13-20;/h6-15H,1-2,16-17H2,3-5H3;/q-1;+1/b22-19-;. The summed E-state index contributed by atoms with van der Waals surface area (Å²) in [6.07, 6.45) is -1.88. The number of allylic oxidation sites excluding steroid dienone is 2. The minimum atomic E-state index is -4.69. The van der Waals surface area contributed by atoms with Crippen LogP contribution in [-0.4, -0.2) is 56.1 Å². The predicted molar refractivity (Wildman–Crippen MR) is 136 cm³/mol. The zero-order chi connectivity index (χ0) is 28.7. The van der Waals surface area contributed by atoms with Crippen molar-refractivity contribution in [1.82, 2.24) is 0 Å². The van der Waals surface area contributed by atoms with Crippen molar-refractivity contribution < 1.29 is 75.0 Å². The Hall–Kier alpha value is -2.90. The fraction of sp³-hybridized carbons (Fsp3) is 0.231. The predicted octanol–water partition coefficient (Wildman–Crippen LogP) is -0.174. The molecular formula is C26H27NaO10S2. The van der Waals surface area contributed by atoms with E-state index in [1.54, 1.807) is 12.1 Å². The number of hydrogen-bond acceptors (Lipinski definition) is 10. The molecule has 0 aliphatic heterocycles. The molecule has 0 heterocycles. The van der Waals surface area contributed by atoms with Crippen LogP contribution >= 0.6 is 0 Å². The maximum absolute atomic E-state index is 13.8. The maximum atomic E-state index is 13.8. The van der Waals surface area contributed by atoms with E-state index in [2.05, 4.69) is 18.2 Å². The number of ether oxygens (including phenoxy) is 3. The van der Waals surface area contributed by atoms with E-state index in [1.807, 2.05) is 0 Å². The fourth-order valence-corrected chi connectivity index (χ4v) is 7.02. The van der Waals surface area contributed by atoms with Gasteiger partial charge in [-0.3, -0.25) is 9.59 Å². The first kappa shape index (κ1) is 34.1. The first-order valence-corrected chi connectivity index (χ1v) is 13.8. The summed E-state index contributed by atoms with van der Waals surface area (Å²) in [4.78, 5) is 36.0. The van der Waals surface area contributed by atoms with E-state index in [9.17, 15) is 31.2 Å². The monoisotopic (exact) mass is 586 g/mol. The van der Waals surface area contributed by atoms with Crippen LogP contribution in [-0.2, 0) is 48.3 Å². The molecule has 13 heteroatoms. The molecule has 0 N–H and O–H groups in total. The number of sulfone groups is 2. The van der Waals surface area contributed by atoms with Crippen molar-refractivity contribution >= 4 is 37.6 Å². The van der Waals surface area contributed by atoms with Gasteiger partial charge < -0.3 is 14.2 Å². The molecule has 0 aliphatic carbocycles. The van der Waals surface area contributed by atoms with Gasteiger partial charge in [-0.1, -0.05) is 59.2 Å². The fourth-order valence-electron chi connectivity index (χ4n) is 3.66. The van der Waals surface area contributed by atoms with Crippen molar-refractivity contribution in [1.29, 1.82) is 0 Å². The minimum absolute atomic E-state index is 0. The topological polar surface area (TPSA) is 147 Å². The molecule has 2 aromatic rings. The van der Waals surface area contributed by atoms with E-state index >= 15 is 0 Å². The van der Waals surface area contributed by atoms with Crippen LogP contribution in [0.1, 0.15) is 12.8 Å². The Labute approximate surface area is 250 Å². The van der Waals surface area contributed by atoms with Crippen LogP contribution in [0.15, 0.2) is 92.4 Å². The summed E-state index contributed by atoms with van der Waals surface area (Å²) in [7, 11) is -6.33. The number of benzene rings is 2. The van der Waals surface area contributed by atoms with Crippen molar-refractivity contribution in [2.24, 2.45) is 5.41 Å². The van der Waals surface area contributed by atoms with Crippen LogP contribution in [0.4, 0.5) is 0 Å². The molecular weight excluding hydrogens is 559 g/mol. The molecule has 0 saturated heterocycles. The normalized spacial score (nSPS) is 12.3. The van der Waals surface area contributed by atoms with Gasteiger partial charge in [-0.05, 0) is 24.3 Å². The Bertz CT molecular complexity index is 1450. The quantitative estimate of drug-likeness (QED) is 0.0868. The third-order valence-electron chi connectivity index (χ3n) is 5.67. The van der Waals surface area contributed by atoms with Gasteiger partial charge in [0, 0.05) is 12.0 Å². The summed E-state index contributed by atoms with van der Waals surface area (Å²) in [6, 6.07) is 13.7. The van der Waals surface area contributed by atoms with Crippen LogP contribution in [0.25, 0.3) is 0 Å². The van der Waals surface area contributed by atoms with Crippen molar-refractivity contribution in [2.75, 3.05) is 21.3 Å². The first-order chi connectivity index (χ1) is 17.8. The summed E-state index contributed by atoms with van der Waals surface area (Å²) < 4.78 is 68.9.